The first-order valence-electron chi connectivity index (χ1n) is 4.72. The van der Waals surface area contributed by atoms with Gasteiger partial charge in [0.1, 0.15) is 5.52 Å². The molecule has 0 atom stereocenters. The summed E-state index contributed by atoms with van der Waals surface area (Å²) < 4.78 is 0. The van der Waals surface area contributed by atoms with Crippen LogP contribution in [-0.4, -0.2) is 25.4 Å². The summed E-state index contributed by atoms with van der Waals surface area (Å²) in [6, 6.07) is 5.71. The Balaban J connectivity index is 2.20. The summed E-state index contributed by atoms with van der Waals surface area (Å²) >= 11 is 0. The highest BCUT2D eigenvalue weighted by Crippen LogP contribution is 2.21. The Kier molecular flexibility index (Phi) is 1.79. The molecule has 2 heterocycles. The number of benzene rings is 1. The smallest absolute Gasteiger partial charge is 0.240 e. The number of nitrogens with one attached hydrogen (secondary N) is 1. The third-order valence-corrected chi connectivity index (χ3v) is 2.30. The number of aromatic nitrogens is 5. The topological polar surface area (TPSA) is 93.4 Å². The summed E-state index contributed by atoms with van der Waals surface area (Å²) in [7, 11) is 0. The molecule has 2 aromatic heterocycles. The van der Waals surface area contributed by atoms with Gasteiger partial charge in [-0.25, -0.2) is 4.98 Å². The molecule has 6 nitrogen and oxygen atoms in total. The highest BCUT2D eigenvalue weighted by atomic mass is 15.2. The maximum absolute atomic E-state index is 5.46. The standard InChI is InChI=1S/C10H8N6/c11-10-14-8-2-1-6(3-9(8)15-16-10)7-4-12-13-5-7/h1-5H,(H,12,13)(H2,11,14,16). The molecule has 0 unspecified atom stereocenters. The van der Waals surface area contributed by atoms with Crippen LogP contribution in [0.25, 0.3) is 22.2 Å². The molecular formula is C10H8N6. The fourth-order valence-corrected chi connectivity index (χ4v) is 1.54. The monoisotopic (exact) mass is 212 g/mol. The van der Waals surface area contributed by atoms with Crippen LogP contribution in [0.5, 0.6) is 0 Å². The van der Waals surface area contributed by atoms with Gasteiger partial charge in [-0.15, -0.1) is 10.2 Å². The Morgan fingerprint density at radius 3 is 2.81 bits per heavy atom. The molecule has 0 aliphatic rings. The second-order valence-electron chi connectivity index (χ2n) is 3.36. The van der Waals surface area contributed by atoms with Crippen LogP contribution in [0.1, 0.15) is 0 Å². The minimum atomic E-state index is 0.184. The lowest BCUT2D eigenvalue weighted by Gasteiger charge is -1.99. The van der Waals surface area contributed by atoms with Crippen LogP contribution in [0.4, 0.5) is 5.95 Å². The SMILES string of the molecule is Nc1nnc2cc(-c3cn[nH]c3)ccc2n1. The van der Waals surface area contributed by atoms with E-state index in [1.807, 2.05) is 24.4 Å². The number of hydrogen-bond acceptors (Lipinski definition) is 5. The number of H-pyrrole nitrogens is 1. The van der Waals surface area contributed by atoms with Gasteiger partial charge in [0.15, 0.2) is 0 Å². The predicted octanol–water partition coefficient (Wildman–Crippen LogP) is 0.997. The Hall–Kier alpha value is -2.50. The predicted molar refractivity (Wildman–Crippen MR) is 59.3 cm³/mol. The van der Waals surface area contributed by atoms with E-state index in [4.69, 9.17) is 5.73 Å². The molecule has 0 spiro atoms. The first-order valence-corrected chi connectivity index (χ1v) is 4.72. The maximum atomic E-state index is 5.46. The molecule has 78 valence electrons. The van der Waals surface area contributed by atoms with Gasteiger partial charge in [-0.1, -0.05) is 6.07 Å². The molecule has 0 radical (unpaired) electrons. The molecule has 0 saturated heterocycles. The molecule has 0 amide bonds. The molecule has 3 aromatic rings. The van der Waals surface area contributed by atoms with Gasteiger partial charge >= 0.3 is 0 Å². The summed E-state index contributed by atoms with van der Waals surface area (Å²) in [5.41, 5.74) is 8.92. The van der Waals surface area contributed by atoms with Crippen molar-refractivity contribution in [2.75, 3.05) is 5.73 Å². The number of nitrogens with zero attached hydrogens (tertiary/aromatic N) is 4. The van der Waals surface area contributed by atoms with Crippen molar-refractivity contribution in [1.29, 1.82) is 0 Å². The van der Waals surface area contributed by atoms with Crippen molar-refractivity contribution in [3.8, 4) is 11.1 Å². The molecule has 6 heteroatoms. The number of fused-ring (bicyclic) bond motifs is 1. The molecule has 1 aromatic carbocycles. The van der Waals surface area contributed by atoms with Crippen molar-refractivity contribution in [2.24, 2.45) is 0 Å². The number of anilines is 1. The fourth-order valence-electron chi connectivity index (χ4n) is 1.54. The Morgan fingerprint density at radius 1 is 1.06 bits per heavy atom. The van der Waals surface area contributed by atoms with Crippen LogP contribution in [-0.2, 0) is 0 Å². The minimum absolute atomic E-state index is 0.184. The average Bonchev–Trinajstić information content (AvgIpc) is 2.82. The minimum Gasteiger partial charge on any atom is -0.366 e. The lowest BCUT2D eigenvalue weighted by molar-refractivity contribution is 1.04. The maximum Gasteiger partial charge on any atom is 0.240 e. The van der Waals surface area contributed by atoms with E-state index in [-0.39, 0.29) is 5.95 Å². The van der Waals surface area contributed by atoms with Crippen molar-refractivity contribution in [2.45, 2.75) is 0 Å². The van der Waals surface area contributed by atoms with Gasteiger partial charge in [0.25, 0.3) is 0 Å². The molecule has 0 saturated carbocycles. The first-order chi connectivity index (χ1) is 7.83. The number of hydrogen-bond donors (Lipinski definition) is 2. The van der Waals surface area contributed by atoms with Crippen molar-refractivity contribution in [1.82, 2.24) is 25.4 Å². The van der Waals surface area contributed by atoms with Gasteiger partial charge in [-0.05, 0) is 17.7 Å². The lowest BCUT2D eigenvalue weighted by Crippen LogP contribution is -1.97. The second kappa shape index (κ2) is 3.27. The van der Waals surface area contributed by atoms with Crippen LogP contribution in [0, 0.1) is 0 Å². The first kappa shape index (κ1) is 8.78. The fraction of sp³-hybridized carbons (Fsp3) is 0. The van der Waals surface area contributed by atoms with Gasteiger partial charge in [0.05, 0.1) is 11.7 Å². The summed E-state index contributed by atoms with van der Waals surface area (Å²) in [6.45, 7) is 0. The van der Waals surface area contributed by atoms with E-state index in [1.165, 1.54) is 0 Å². The molecule has 0 aliphatic carbocycles. The Morgan fingerprint density at radius 2 is 2.00 bits per heavy atom. The Labute approximate surface area is 90.5 Å². The van der Waals surface area contributed by atoms with E-state index in [0.717, 1.165) is 16.6 Å². The number of aromatic amines is 1. The van der Waals surface area contributed by atoms with Crippen molar-refractivity contribution in [3.63, 3.8) is 0 Å². The summed E-state index contributed by atoms with van der Waals surface area (Å²) in [4.78, 5) is 4.08. The van der Waals surface area contributed by atoms with E-state index in [1.54, 1.807) is 6.20 Å². The average molecular weight is 212 g/mol. The number of nitrogen functional groups attached to an aromatic ring is 1. The third kappa shape index (κ3) is 1.36. The summed E-state index contributed by atoms with van der Waals surface area (Å²) in [5, 5.41) is 14.4. The number of rotatable bonds is 1. The zero-order valence-electron chi connectivity index (χ0n) is 8.25. The van der Waals surface area contributed by atoms with Gasteiger partial charge in [-0.2, -0.15) is 5.10 Å². The van der Waals surface area contributed by atoms with Crippen molar-refractivity contribution < 1.29 is 0 Å². The van der Waals surface area contributed by atoms with E-state index in [2.05, 4.69) is 25.4 Å². The Bertz CT molecular complexity index is 631. The highest BCUT2D eigenvalue weighted by molar-refractivity contribution is 5.81. The van der Waals surface area contributed by atoms with E-state index >= 15 is 0 Å². The van der Waals surface area contributed by atoms with Crippen LogP contribution in [0.15, 0.2) is 30.6 Å². The highest BCUT2D eigenvalue weighted by Gasteiger charge is 2.03. The number of nitrogens with two attached hydrogens (primary N) is 1. The molecule has 0 fully saturated rings. The summed E-state index contributed by atoms with van der Waals surface area (Å²) in [6.07, 6.45) is 3.57. The van der Waals surface area contributed by atoms with E-state index in [0.29, 0.717) is 5.52 Å². The molecular weight excluding hydrogens is 204 g/mol. The lowest BCUT2D eigenvalue weighted by atomic mass is 10.1. The van der Waals surface area contributed by atoms with Crippen LogP contribution < -0.4 is 5.73 Å². The van der Waals surface area contributed by atoms with Gasteiger partial charge in [-0.3, -0.25) is 5.10 Å². The zero-order chi connectivity index (χ0) is 11.0. The van der Waals surface area contributed by atoms with E-state index in [9.17, 15) is 0 Å². The van der Waals surface area contributed by atoms with Gasteiger partial charge in [0, 0.05) is 11.8 Å². The van der Waals surface area contributed by atoms with Crippen LogP contribution in [0.3, 0.4) is 0 Å². The zero-order valence-corrected chi connectivity index (χ0v) is 8.25. The molecule has 16 heavy (non-hydrogen) atoms. The van der Waals surface area contributed by atoms with E-state index < -0.39 is 0 Å². The normalized spacial score (nSPS) is 10.8. The summed E-state index contributed by atoms with van der Waals surface area (Å²) in [5.74, 6) is 0.184. The largest absolute Gasteiger partial charge is 0.366 e. The molecule has 3 N–H and O–H groups in total. The third-order valence-electron chi connectivity index (χ3n) is 2.30. The quantitative estimate of drug-likeness (QED) is 0.627. The van der Waals surface area contributed by atoms with Crippen molar-refractivity contribution >= 4 is 17.0 Å². The van der Waals surface area contributed by atoms with Gasteiger partial charge < -0.3 is 5.73 Å². The molecule has 3 rings (SSSR count). The second-order valence-corrected chi connectivity index (χ2v) is 3.36. The van der Waals surface area contributed by atoms with Crippen LogP contribution in [0.2, 0.25) is 0 Å². The van der Waals surface area contributed by atoms with Gasteiger partial charge in [0.2, 0.25) is 5.95 Å². The molecule has 0 bridgehead atoms. The molecule has 0 aliphatic heterocycles. The van der Waals surface area contributed by atoms with Crippen LogP contribution >= 0.6 is 0 Å². The van der Waals surface area contributed by atoms with Crippen molar-refractivity contribution in [3.05, 3.63) is 30.6 Å².